The van der Waals surface area contributed by atoms with Crippen LogP contribution in [-0.4, -0.2) is 24.4 Å². The molecule has 0 saturated carbocycles. The van der Waals surface area contributed by atoms with E-state index in [2.05, 4.69) is 5.73 Å². The smallest absolute Gasteiger partial charge is 0.406 e. The third kappa shape index (κ3) is 3.05. The number of carbonyl (C=O) groups is 1. The Hall–Kier alpha value is -0.990. The van der Waals surface area contributed by atoms with Crippen LogP contribution in [0.1, 0.15) is 0 Å². The molecule has 0 saturated heterocycles. The molecule has 0 radical (unpaired) electrons. The van der Waals surface area contributed by atoms with Crippen LogP contribution in [0.5, 0.6) is 0 Å². The van der Waals surface area contributed by atoms with Crippen molar-refractivity contribution in [3.63, 3.8) is 0 Å². The molecule has 0 heterocycles. The zero-order valence-corrected chi connectivity index (χ0v) is 6.45. The van der Waals surface area contributed by atoms with Crippen LogP contribution in [0.25, 0.3) is 0 Å². The Balaban J connectivity index is 5.03. The zero-order chi connectivity index (χ0) is 11.7. The zero-order valence-electron chi connectivity index (χ0n) is 6.45. The summed E-state index contributed by atoms with van der Waals surface area (Å²) in [4.78, 5) is 9.86. The minimum atomic E-state index is -5.70. The second-order valence-corrected chi connectivity index (χ2v) is 2.49. The molecule has 0 aromatic carbocycles. The maximum absolute atomic E-state index is 11.8. The van der Waals surface area contributed by atoms with Crippen LogP contribution < -0.4 is 10.8 Å². The van der Waals surface area contributed by atoms with Gasteiger partial charge in [-0.3, -0.25) is 0 Å². The van der Waals surface area contributed by atoms with E-state index < -0.39 is 30.3 Å². The molecule has 0 rings (SSSR count). The van der Waals surface area contributed by atoms with Crippen LogP contribution in [0.3, 0.4) is 0 Å². The van der Waals surface area contributed by atoms with E-state index in [0.29, 0.717) is 0 Å². The van der Waals surface area contributed by atoms with Gasteiger partial charge in [0, 0.05) is 0 Å². The fraction of sp³-hybridized carbons (Fsp3) is 0.800. The highest BCUT2D eigenvalue weighted by molar-refractivity contribution is 5.69. The topological polar surface area (TPSA) is 67.8 Å². The van der Waals surface area contributed by atoms with Crippen molar-refractivity contribution in [2.45, 2.75) is 18.4 Å². The van der Waals surface area contributed by atoms with Crippen molar-refractivity contribution in [1.82, 2.24) is 0 Å². The normalized spacial score (nSPS) is 15.7. The number of hydrogen-bond donors (Lipinski definition) is 1. The summed E-state index contributed by atoms with van der Waals surface area (Å²) in [6, 6.07) is -2.91. The fourth-order valence-corrected chi connectivity index (χ4v) is 0.778. The van der Waals surface area contributed by atoms with Gasteiger partial charge in [-0.1, -0.05) is 0 Å². The van der Waals surface area contributed by atoms with Gasteiger partial charge in [0.2, 0.25) is 5.92 Å². The number of hydrogen-bond acceptors (Lipinski definition) is 2. The number of rotatable bonds is 2. The van der Waals surface area contributed by atoms with E-state index in [0.717, 1.165) is 0 Å². The van der Waals surface area contributed by atoms with E-state index in [1.54, 1.807) is 0 Å². The Morgan fingerprint density at radius 2 is 1.36 bits per heavy atom. The lowest BCUT2D eigenvalue weighted by Gasteiger charge is -2.26. The van der Waals surface area contributed by atoms with Crippen molar-refractivity contribution in [3.8, 4) is 0 Å². The molecule has 0 fully saturated rings. The molecule has 1 atom stereocenters. The predicted octanol–water partition coefficient (Wildman–Crippen LogP) is -0.912. The highest BCUT2D eigenvalue weighted by Crippen LogP contribution is 2.40. The minimum absolute atomic E-state index is 2.27. The fourth-order valence-electron chi connectivity index (χ4n) is 0.778. The molecule has 0 bridgehead atoms. The molecule has 14 heavy (non-hydrogen) atoms. The third-order valence-corrected chi connectivity index (χ3v) is 1.41. The van der Waals surface area contributed by atoms with E-state index in [1.165, 1.54) is 0 Å². The number of aliphatic carboxylic acids is 1. The maximum atomic E-state index is 11.8. The van der Waals surface area contributed by atoms with E-state index in [-0.39, 0.29) is 0 Å². The average Bonchev–Trinajstić information content (AvgIpc) is 1.79. The quantitative estimate of drug-likeness (QED) is 0.618. The van der Waals surface area contributed by atoms with Crippen LogP contribution in [0.15, 0.2) is 0 Å². The van der Waals surface area contributed by atoms with E-state index in [9.17, 15) is 36.2 Å². The van der Waals surface area contributed by atoms with Crippen molar-refractivity contribution in [1.29, 1.82) is 0 Å². The lowest BCUT2D eigenvalue weighted by Crippen LogP contribution is -2.75. The van der Waals surface area contributed by atoms with Crippen molar-refractivity contribution in [3.05, 3.63) is 0 Å². The summed E-state index contributed by atoms with van der Waals surface area (Å²) in [6.45, 7) is 0. The third-order valence-electron chi connectivity index (χ3n) is 1.41. The molecule has 0 amide bonds. The number of alkyl halides is 6. The van der Waals surface area contributed by atoms with Gasteiger partial charge in [-0.05, 0) is 0 Å². The second kappa shape index (κ2) is 3.64. The van der Waals surface area contributed by atoms with Crippen LogP contribution in [0.2, 0.25) is 0 Å². The monoisotopic (exact) mass is 225 g/mol. The van der Waals surface area contributed by atoms with Crippen LogP contribution in [0, 0.1) is 5.92 Å². The molecule has 3 N–H and O–H groups in total. The molecule has 0 aliphatic rings. The van der Waals surface area contributed by atoms with E-state index in [4.69, 9.17) is 0 Å². The summed E-state index contributed by atoms with van der Waals surface area (Å²) < 4.78 is 70.7. The number of carboxylic acids is 1. The molecule has 9 heteroatoms. The average molecular weight is 225 g/mol. The summed E-state index contributed by atoms with van der Waals surface area (Å²) in [5.41, 5.74) is 2.27. The van der Waals surface area contributed by atoms with E-state index in [1.807, 2.05) is 0 Å². The molecule has 0 unspecified atom stereocenters. The molecule has 3 nitrogen and oxygen atoms in total. The first-order valence-electron chi connectivity index (χ1n) is 3.15. The number of carbonyl (C=O) groups excluding carboxylic acids is 1. The molecule has 0 spiro atoms. The molecule has 0 aromatic heterocycles. The van der Waals surface area contributed by atoms with E-state index >= 15 is 0 Å². The van der Waals surface area contributed by atoms with Gasteiger partial charge in [0.25, 0.3) is 0 Å². The summed E-state index contributed by atoms with van der Waals surface area (Å²) >= 11 is 0. The Kier molecular flexibility index (Phi) is 3.38. The molecule has 0 aromatic rings. The van der Waals surface area contributed by atoms with Crippen molar-refractivity contribution < 1.29 is 42.0 Å². The molecule has 84 valence electrons. The van der Waals surface area contributed by atoms with Gasteiger partial charge >= 0.3 is 12.4 Å². The standard InChI is InChI=1S/C5H5F6NO2/c6-4(7,8)2(5(9,10)11)1(12)3(13)14/h1-2H,12H2,(H,13,14)/t1-/m0/s1. The molecular formula is C5H5F6NO2. The van der Waals surface area contributed by atoms with Crippen molar-refractivity contribution in [2.75, 3.05) is 0 Å². The predicted molar refractivity (Wildman–Crippen MR) is 27.3 cm³/mol. The largest absolute Gasteiger partial charge is 0.544 e. The van der Waals surface area contributed by atoms with Gasteiger partial charge in [0.15, 0.2) is 0 Å². The molecule has 0 aliphatic carbocycles. The number of halogens is 6. The van der Waals surface area contributed by atoms with Gasteiger partial charge < -0.3 is 15.6 Å². The van der Waals surface area contributed by atoms with Gasteiger partial charge in [0.1, 0.15) is 12.0 Å². The number of carboxylic acid groups (broad SMARTS) is 1. The Morgan fingerprint density at radius 1 is 1.07 bits per heavy atom. The Bertz CT molecular complexity index is 207. The lowest BCUT2D eigenvalue weighted by molar-refractivity contribution is -0.481. The first-order chi connectivity index (χ1) is 5.98. The Morgan fingerprint density at radius 3 is 1.43 bits per heavy atom. The second-order valence-electron chi connectivity index (χ2n) is 2.49. The van der Waals surface area contributed by atoms with Crippen molar-refractivity contribution >= 4 is 5.97 Å². The van der Waals surface area contributed by atoms with Gasteiger partial charge in [-0.15, -0.1) is 0 Å². The van der Waals surface area contributed by atoms with Crippen LogP contribution >= 0.6 is 0 Å². The van der Waals surface area contributed by atoms with Crippen LogP contribution in [0.4, 0.5) is 26.3 Å². The van der Waals surface area contributed by atoms with Crippen molar-refractivity contribution in [2.24, 2.45) is 5.92 Å². The first kappa shape index (κ1) is 13.0. The minimum Gasteiger partial charge on any atom is -0.544 e. The SMILES string of the molecule is [NH3+][C@H](C(=O)[O-])C(C(F)(F)F)C(F)(F)F. The summed E-state index contributed by atoms with van der Waals surface area (Å²) in [7, 11) is 0. The van der Waals surface area contributed by atoms with Gasteiger partial charge in [0.05, 0.1) is 0 Å². The van der Waals surface area contributed by atoms with Gasteiger partial charge in [-0.2, -0.15) is 26.3 Å². The molecular weight excluding hydrogens is 220 g/mol. The highest BCUT2D eigenvalue weighted by Gasteiger charge is 2.61. The maximum Gasteiger partial charge on any atom is 0.406 e. The molecule has 0 aliphatic heterocycles. The Labute approximate surface area is 73.5 Å². The number of quaternary nitrogens is 1. The highest BCUT2D eigenvalue weighted by atomic mass is 19.4. The summed E-state index contributed by atoms with van der Waals surface area (Å²) in [5, 5.41) is 9.86. The summed E-state index contributed by atoms with van der Waals surface area (Å²) in [5.74, 6) is -6.50. The van der Waals surface area contributed by atoms with Gasteiger partial charge in [-0.25, -0.2) is 0 Å². The first-order valence-corrected chi connectivity index (χ1v) is 3.15. The lowest BCUT2D eigenvalue weighted by atomic mass is 9.99. The van der Waals surface area contributed by atoms with Crippen LogP contribution in [-0.2, 0) is 4.79 Å². The summed E-state index contributed by atoms with van der Waals surface area (Å²) in [6.07, 6.45) is -11.4.